The van der Waals surface area contributed by atoms with Crippen molar-refractivity contribution in [1.82, 2.24) is 14.5 Å². The summed E-state index contributed by atoms with van der Waals surface area (Å²) in [4.78, 5) is 25.2. The first kappa shape index (κ1) is 16.8. The molecule has 0 spiro atoms. The van der Waals surface area contributed by atoms with Crippen LogP contribution >= 0.6 is 0 Å². The van der Waals surface area contributed by atoms with E-state index in [1.54, 1.807) is 4.90 Å². The van der Waals surface area contributed by atoms with E-state index < -0.39 is 15.8 Å². The molecule has 1 aromatic carbocycles. The van der Waals surface area contributed by atoms with E-state index >= 15 is 0 Å². The lowest BCUT2D eigenvalue weighted by atomic mass is 10.1. The van der Waals surface area contributed by atoms with Crippen LogP contribution in [0.4, 0.5) is 4.39 Å². The van der Waals surface area contributed by atoms with Crippen molar-refractivity contribution in [3.05, 3.63) is 30.1 Å². The number of carbonyl (C=O) groups is 2. The second-order valence-corrected chi connectivity index (χ2v) is 7.83. The van der Waals surface area contributed by atoms with Crippen molar-refractivity contribution >= 4 is 21.8 Å². The maximum Gasteiger partial charge on any atom is 0.243 e. The molecule has 1 atom stereocenters. The molecule has 0 aromatic heterocycles. The number of piperazine rings is 1. The summed E-state index contributed by atoms with van der Waals surface area (Å²) in [6.07, 6.45) is 0.187. The summed E-state index contributed by atoms with van der Waals surface area (Å²) < 4.78 is 39.3. The summed E-state index contributed by atoms with van der Waals surface area (Å²) >= 11 is 0. The molecule has 0 bridgehead atoms. The molecule has 3 rings (SSSR count). The Labute approximate surface area is 139 Å². The number of nitrogens with zero attached hydrogens (tertiary/aromatic N) is 2. The van der Waals surface area contributed by atoms with Crippen molar-refractivity contribution in [1.29, 1.82) is 0 Å². The molecule has 2 fully saturated rings. The van der Waals surface area contributed by atoms with Gasteiger partial charge in [-0.3, -0.25) is 9.59 Å². The zero-order chi connectivity index (χ0) is 17.3. The highest BCUT2D eigenvalue weighted by Crippen LogP contribution is 2.20. The third-order valence-corrected chi connectivity index (χ3v) is 6.24. The van der Waals surface area contributed by atoms with Gasteiger partial charge in [0.1, 0.15) is 5.82 Å². The summed E-state index contributed by atoms with van der Waals surface area (Å²) in [5, 5.41) is 2.63. The quantitative estimate of drug-likeness (QED) is 0.813. The molecule has 2 saturated heterocycles. The van der Waals surface area contributed by atoms with Gasteiger partial charge < -0.3 is 10.2 Å². The van der Waals surface area contributed by atoms with Crippen LogP contribution in [0.15, 0.2) is 29.2 Å². The first-order valence-electron chi connectivity index (χ1n) is 7.69. The maximum absolute atomic E-state index is 13.0. The Morgan fingerprint density at radius 2 is 1.75 bits per heavy atom. The van der Waals surface area contributed by atoms with E-state index in [2.05, 4.69) is 5.32 Å². The molecule has 130 valence electrons. The van der Waals surface area contributed by atoms with Gasteiger partial charge in [-0.2, -0.15) is 4.31 Å². The van der Waals surface area contributed by atoms with Crippen LogP contribution in [-0.4, -0.2) is 62.2 Å². The average molecular weight is 355 g/mol. The summed E-state index contributed by atoms with van der Waals surface area (Å²) in [6.45, 7) is 1.26. The van der Waals surface area contributed by atoms with Gasteiger partial charge in [-0.15, -0.1) is 0 Å². The van der Waals surface area contributed by atoms with Gasteiger partial charge >= 0.3 is 0 Å². The number of halogens is 1. The van der Waals surface area contributed by atoms with Crippen LogP contribution < -0.4 is 5.32 Å². The van der Waals surface area contributed by atoms with Crippen LogP contribution in [0.2, 0.25) is 0 Å². The smallest absolute Gasteiger partial charge is 0.243 e. The van der Waals surface area contributed by atoms with Crippen molar-refractivity contribution in [3.63, 3.8) is 0 Å². The Morgan fingerprint density at radius 3 is 2.29 bits per heavy atom. The van der Waals surface area contributed by atoms with Gasteiger partial charge in [-0.25, -0.2) is 12.8 Å². The normalized spacial score (nSPS) is 22.5. The van der Waals surface area contributed by atoms with Crippen molar-refractivity contribution in [3.8, 4) is 0 Å². The van der Waals surface area contributed by atoms with Crippen molar-refractivity contribution in [2.45, 2.75) is 11.3 Å². The van der Waals surface area contributed by atoms with Crippen LogP contribution in [0.3, 0.4) is 0 Å². The Balaban J connectivity index is 1.63. The third-order valence-electron chi connectivity index (χ3n) is 4.33. The van der Waals surface area contributed by atoms with Gasteiger partial charge in [0.2, 0.25) is 21.8 Å². The largest absolute Gasteiger partial charge is 0.355 e. The molecule has 9 heteroatoms. The minimum atomic E-state index is -3.69. The van der Waals surface area contributed by atoms with Crippen LogP contribution in [0, 0.1) is 11.7 Å². The molecule has 2 amide bonds. The van der Waals surface area contributed by atoms with Crippen LogP contribution in [0.1, 0.15) is 6.42 Å². The topological polar surface area (TPSA) is 86.8 Å². The average Bonchev–Trinajstić information content (AvgIpc) is 3.01. The molecule has 2 aliphatic heterocycles. The fourth-order valence-electron chi connectivity index (χ4n) is 2.94. The predicted octanol–water partition coefficient (Wildman–Crippen LogP) is -0.205. The number of amides is 2. The Morgan fingerprint density at radius 1 is 1.12 bits per heavy atom. The highest BCUT2D eigenvalue weighted by molar-refractivity contribution is 7.89. The third kappa shape index (κ3) is 3.27. The lowest BCUT2D eigenvalue weighted by Gasteiger charge is -2.35. The van der Waals surface area contributed by atoms with Crippen LogP contribution in [-0.2, 0) is 19.6 Å². The second-order valence-electron chi connectivity index (χ2n) is 5.89. The van der Waals surface area contributed by atoms with E-state index in [-0.39, 0.29) is 55.2 Å². The maximum atomic E-state index is 13.0. The van der Waals surface area contributed by atoms with Gasteiger partial charge in [0.15, 0.2) is 0 Å². The van der Waals surface area contributed by atoms with Gasteiger partial charge in [-0.1, -0.05) is 0 Å². The molecule has 2 aliphatic rings. The van der Waals surface area contributed by atoms with Crippen molar-refractivity contribution < 1.29 is 22.4 Å². The molecular weight excluding hydrogens is 337 g/mol. The van der Waals surface area contributed by atoms with E-state index in [0.29, 0.717) is 6.54 Å². The molecule has 2 heterocycles. The van der Waals surface area contributed by atoms with E-state index in [4.69, 9.17) is 0 Å². The number of sulfonamides is 1. The first-order chi connectivity index (χ1) is 11.4. The molecule has 7 nitrogen and oxygen atoms in total. The zero-order valence-electron chi connectivity index (χ0n) is 12.9. The minimum absolute atomic E-state index is 0.0364. The van der Waals surface area contributed by atoms with Crippen molar-refractivity contribution in [2.24, 2.45) is 5.92 Å². The monoisotopic (exact) mass is 355 g/mol. The van der Waals surface area contributed by atoms with E-state index in [1.807, 2.05) is 0 Å². The van der Waals surface area contributed by atoms with Gasteiger partial charge in [0, 0.05) is 39.1 Å². The number of benzene rings is 1. The second kappa shape index (κ2) is 6.48. The molecule has 0 aliphatic carbocycles. The first-order valence-corrected chi connectivity index (χ1v) is 9.13. The highest BCUT2D eigenvalue weighted by atomic mass is 32.2. The summed E-state index contributed by atoms with van der Waals surface area (Å²) in [5.41, 5.74) is 0. The van der Waals surface area contributed by atoms with Gasteiger partial charge in [0.25, 0.3) is 0 Å². The number of rotatable bonds is 3. The van der Waals surface area contributed by atoms with Crippen LogP contribution in [0.5, 0.6) is 0 Å². The van der Waals surface area contributed by atoms with E-state index in [0.717, 1.165) is 12.1 Å². The molecule has 0 saturated carbocycles. The summed E-state index contributed by atoms with van der Waals surface area (Å²) in [5.74, 6) is -1.11. The Bertz CT molecular complexity index is 742. The zero-order valence-corrected chi connectivity index (χ0v) is 13.8. The standard InChI is InChI=1S/C15H18FN3O4S/c16-12-1-3-13(4-2-12)24(22,23)19-7-5-18(6-8-19)15(21)11-9-14(20)17-10-11/h1-4,11H,5-10H2,(H,17,20). The molecule has 0 radical (unpaired) electrons. The Hall–Kier alpha value is -2.00. The molecule has 1 unspecified atom stereocenters. The number of nitrogens with one attached hydrogen (secondary N) is 1. The number of hydrogen-bond donors (Lipinski definition) is 1. The molecular formula is C15H18FN3O4S. The number of carbonyl (C=O) groups excluding carboxylic acids is 2. The van der Waals surface area contributed by atoms with Gasteiger partial charge in [-0.05, 0) is 24.3 Å². The number of hydrogen-bond acceptors (Lipinski definition) is 4. The summed E-state index contributed by atoms with van der Waals surface area (Å²) in [7, 11) is -3.69. The molecule has 1 aromatic rings. The summed E-state index contributed by atoms with van der Waals surface area (Å²) in [6, 6.07) is 4.68. The highest BCUT2D eigenvalue weighted by Gasteiger charge is 2.35. The molecule has 1 N–H and O–H groups in total. The van der Waals surface area contributed by atoms with Crippen LogP contribution in [0.25, 0.3) is 0 Å². The lowest BCUT2D eigenvalue weighted by molar-refractivity contribution is -0.136. The minimum Gasteiger partial charge on any atom is -0.355 e. The fourth-order valence-corrected chi connectivity index (χ4v) is 4.36. The lowest BCUT2D eigenvalue weighted by Crippen LogP contribution is -2.52. The van der Waals surface area contributed by atoms with E-state index in [1.165, 1.54) is 16.4 Å². The predicted molar refractivity (Wildman–Crippen MR) is 82.9 cm³/mol. The Kier molecular flexibility index (Phi) is 4.55. The van der Waals surface area contributed by atoms with E-state index in [9.17, 15) is 22.4 Å². The van der Waals surface area contributed by atoms with Gasteiger partial charge in [0.05, 0.1) is 10.8 Å². The van der Waals surface area contributed by atoms with Crippen molar-refractivity contribution in [2.75, 3.05) is 32.7 Å². The fraction of sp³-hybridized carbons (Fsp3) is 0.467. The molecule has 24 heavy (non-hydrogen) atoms. The SMILES string of the molecule is O=C1CC(C(=O)N2CCN(S(=O)(=O)c3ccc(F)cc3)CC2)CN1.